The van der Waals surface area contributed by atoms with Crippen molar-refractivity contribution in [1.82, 2.24) is 0 Å². The van der Waals surface area contributed by atoms with Gasteiger partial charge in [0.1, 0.15) is 6.04 Å². The Bertz CT molecular complexity index is 651. The number of allylic oxidation sites excluding steroid dienone is 3. The molecule has 1 N–H and O–H groups in total. The molecule has 3 aliphatic rings. The van der Waals surface area contributed by atoms with Crippen molar-refractivity contribution >= 4 is 0 Å². The first-order valence-electron chi connectivity index (χ1n) is 12.6. The van der Waals surface area contributed by atoms with E-state index in [2.05, 4.69) is 45.0 Å². The molecule has 3 nitrogen and oxygen atoms in total. The van der Waals surface area contributed by atoms with Crippen molar-refractivity contribution in [2.75, 3.05) is 0 Å². The van der Waals surface area contributed by atoms with Crippen molar-refractivity contribution in [2.24, 2.45) is 40.2 Å². The summed E-state index contributed by atoms with van der Waals surface area (Å²) in [4.78, 5) is 11.2. The molecule has 3 aliphatic carbocycles. The summed E-state index contributed by atoms with van der Waals surface area (Å²) in [6.45, 7) is 11.7. The minimum Gasteiger partial charge on any atom is -0.392 e. The van der Waals surface area contributed by atoms with Crippen molar-refractivity contribution in [1.29, 1.82) is 0 Å². The lowest BCUT2D eigenvalue weighted by Crippen LogP contribution is -2.36. The van der Waals surface area contributed by atoms with Crippen LogP contribution in [0, 0.1) is 39.9 Å². The predicted octanol–water partition coefficient (Wildman–Crippen LogP) is 7.44. The summed E-state index contributed by atoms with van der Waals surface area (Å²) in [5.41, 5.74) is 3.27. The molecule has 0 radical (unpaired) electrons. The molecule has 0 aliphatic heterocycles. The van der Waals surface area contributed by atoms with Gasteiger partial charge in [-0.1, -0.05) is 82.4 Å². The minimum absolute atomic E-state index is 0.0296. The second kappa shape index (κ2) is 10.1. The summed E-state index contributed by atoms with van der Waals surface area (Å²) in [5, 5.41) is 13.6. The number of hydrogen-bond acceptors (Lipinski definition) is 3. The van der Waals surface area contributed by atoms with Crippen LogP contribution in [0.2, 0.25) is 0 Å². The van der Waals surface area contributed by atoms with E-state index in [0.29, 0.717) is 24.2 Å². The number of aliphatic hydroxyl groups excluding tert-OH is 1. The van der Waals surface area contributed by atoms with E-state index >= 15 is 0 Å². The van der Waals surface area contributed by atoms with Crippen LogP contribution in [0.3, 0.4) is 0 Å². The van der Waals surface area contributed by atoms with Crippen molar-refractivity contribution in [3.8, 4) is 0 Å². The van der Waals surface area contributed by atoms with Crippen molar-refractivity contribution < 1.29 is 5.11 Å². The van der Waals surface area contributed by atoms with Gasteiger partial charge in [0.05, 0.1) is 6.10 Å². The summed E-state index contributed by atoms with van der Waals surface area (Å²) < 4.78 is 0. The van der Waals surface area contributed by atoms with E-state index in [1.807, 2.05) is 6.92 Å². The first-order chi connectivity index (χ1) is 14.3. The zero-order chi connectivity index (χ0) is 21.9. The Hall–Kier alpha value is -0.960. The van der Waals surface area contributed by atoms with Crippen LogP contribution in [-0.2, 0) is 0 Å². The Morgan fingerprint density at radius 1 is 1.17 bits per heavy atom. The Morgan fingerprint density at radius 2 is 1.93 bits per heavy atom. The number of nitroso groups, excluding NO2 is 1. The van der Waals surface area contributed by atoms with Crippen molar-refractivity contribution in [3.05, 3.63) is 28.2 Å². The first kappa shape index (κ1) is 23.7. The van der Waals surface area contributed by atoms with Crippen LogP contribution in [0.5, 0.6) is 0 Å². The zero-order valence-electron chi connectivity index (χ0n) is 20.1. The molecule has 3 saturated carbocycles. The second-order valence-electron chi connectivity index (χ2n) is 11.5. The van der Waals surface area contributed by atoms with E-state index in [9.17, 15) is 10.0 Å². The molecule has 170 valence electrons. The third-order valence-corrected chi connectivity index (χ3v) is 8.99. The third-order valence-electron chi connectivity index (χ3n) is 8.99. The van der Waals surface area contributed by atoms with Gasteiger partial charge in [-0.3, -0.25) is 0 Å². The summed E-state index contributed by atoms with van der Waals surface area (Å²) in [5.74, 6) is 3.18. The molecule has 0 saturated heterocycles. The van der Waals surface area contributed by atoms with Crippen LogP contribution in [0.15, 0.2) is 28.5 Å². The Kier molecular flexibility index (Phi) is 7.98. The van der Waals surface area contributed by atoms with Gasteiger partial charge >= 0.3 is 0 Å². The van der Waals surface area contributed by atoms with Crippen LogP contribution < -0.4 is 0 Å². The molecule has 30 heavy (non-hydrogen) atoms. The number of hydrogen-bond donors (Lipinski definition) is 1. The standard InChI is InChI=1S/C27H45NO2/c1-18(2)8-6-9-19(3)23-13-14-24-22(10-7-15-27(23,24)5)12-11-21-16-25(28-30)20(4)26(29)17-21/h11-12,18-20,23-26,29H,6-10,13-17H2,1-5H3/b21-11-,22-12+/t19-,20?,23?,24?,25-,26?,27?/m1/s1. The van der Waals surface area contributed by atoms with Crippen molar-refractivity contribution in [2.45, 2.75) is 111 Å². The lowest BCUT2D eigenvalue weighted by atomic mass is 9.60. The average Bonchev–Trinajstić information content (AvgIpc) is 3.06. The lowest BCUT2D eigenvalue weighted by molar-refractivity contribution is 0.0864. The van der Waals surface area contributed by atoms with Crippen LogP contribution in [0.1, 0.15) is 98.8 Å². The molecule has 0 heterocycles. The van der Waals surface area contributed by atoms with Gasteiger partial charge in [-0.2, -0.15) is 4.91 Å². The number of nitrogens with zero attached hydrogens (tertiary/aromatic N) is 1. The molecule has 0 aromatic carbocycles. The summed E-state index contributed by atoms with van der Waals surface area (Å²) in [6, 6.07) is -0.280. The molecule has 0 spiro atoms. The highest BCUT2D eigenvalue weighted by Crippen LogP contribution is 2.59. The molecule has 3 rings (SSSR count). The van der Waals surface area contributed by atoms with Gasteiger partial charge in [0, 0.05) is 5.92 Å². The second-order valence-corrected chi connectivity index (χ2v) is 11.5. The fourth-order valence-electron chi connectivity index (χ4n) is 7.01. The van der Waals surface area contributed by atoms with Gasteiger partial charge in [0.15, 0.2) is 0 Å². The van der Waals surface area contributed by atoms with E-state index in [1.165, 1.54) is 56.9 Å². The summed E-state index contributed by atoms with van der Waals surface area (Å²) in [6.07, 6.45) is 16.3. The largest absolute Gasteiger partial charge is 0.392 e. The topological polar surface area (TPSA) is 49.7 Å². The van der Waals surface area contributed by atoms with Gasteiger partial charge in [-0.15, -0.1) is 0 Å². The van der Waals surface area contributed by atoms with Gasteiger partial charge in [0.2, 0.25) is 0 Å². The van der Waals surface area contributed by atoms with Crippen molar-refractivity contribution in [3.63, 3.8) is 0 Å². The Morgan fingerprint density at radius 3 is 2.63 bits per heavy atom. The van der Waals surface area contributed by atoms with E-state index < -0.39 is 6.10 Å². The number of fused-ring (bicyclic) bond motifs is 1. The number of aliphatic hydroxyl groups is 1. The SMILES string of the molecule is CC(C)CCC[C@@H](C)C1CCC2/C(=C/C=C3\CC(O)C(C)[C@H](N=O)C3)CCCC21C. The fourth-order valence-corrected chi connectivity index (χ4v) is 7.01. The summed E-state index contributed by atoms with van der Waals surface area (Å²) in [7, 11) is 0. The highest BCUT2D eigenvalue weighted by molar-refractivity contribution is 5.26. The predicted molar refractivity (Wildman–Crippen MR) is 126 cm³/mol. The monoisotopic (exact) mass is 415 g/mol. The molecule has 7 atom stereocenters. The fraction of sp³-hybridized carbons (Fsp3) is 0.852. The zero-order valence-corrected chi connectivity index (χ0v) is 20.1. The molecular weight excluding hydrogens is 370 g/mol. The molecule has 0 aromatic rings. The summed E-state index contributed by atoms with van der Waals surface area (Å²) >= 11 is 0. The van der Waals surface area contributed by atoms with E-state index in [0.717, 1.165) is 17.8 Å². The molecule has 3 fully saturated rings. The van der Waals surface area contributed by atoms with Crippen LogP contribution in [0.4, 0.5) is 0 Å². The maximum Gasteiger partial charge on any atom is 0.101 e. The van der Waals surface area contributed by atoms with Gasteiger partial charge in [0.25, 0.3) is 0 Å². The van der Waals surface area contributed by atoms with Crippen LogP contribution in [0.25, 0.3) is 0 Å². The highest BCUT2D eigenvalue weighted by Gasteiger charge is 2.50. The molecule has 5 unspecified atom stereocenters. The average molecular weight is 416 g/mol. The molecular formula is C27H45NO2. The van der Waals surface area contributed by atoms with Gasteiger partial charge in [-0.25, -0.2) is 0 Å². The first-order valence-corrected chi connectivity index (χ1v) is 12.6. The van der Waals surface area contributed by atoms with Crippen LogP contribution in [-0.4, -0.2) is 17.3 Å². The Balaban J connectivity index is 1.69. The van der Waals surface area contributed by atoms with E-state index in [1.54, 1.807) is 5.57 Å². The lowest BCUT2D eigenvalue weighted by Gasteiger charge is -2.44. The maximum atomic E-state index is 11.2. The minimum atomic E-state index is -0.440. The quantitative estimate of drug-likeness (QED) is 0.439. The molecule has 3 heteroatoms. The Labute approximate surface area is 184 Å². The maximum absolute atomic E-state index is 11.2. The van der Waals surface area contributed by atoms with E-state index in [-0.39, 0.29) is 12.0 Å². The van der Waals surface area contributed by atoms with Crippen LogP contribution >= 0.6 is 0 Å². The van der Waals surface area contributed by atoms with Gasteiger partial charge in [-0.05, 0) is 74.0 Å². The smallest absolute Gasteiger partial charge is 0.101 e. The molecule has 0 bridgehead atoms. The molecule has 0 amide bonds. The number of rotatable bonds is 7. The highest BCUT2D eigenvalue weighted by atomic mass is 16.3. The normalized spacial score (nSPS) is 40.7. The van der Waals surface area contributed by atoms with E-state index in [4.69, 9.17) is 0 Å². The molecule has 0 aromatic heterocycles. The third kappa shape index (κ3) is 5.09. The van der Waals surface area contributed by atoms with Gasteiger partial charge < -0.3 is 5.11 Å².